The van der Waals surface area contributed by atoms with E-state index in [1.165, 1.54) is 7.05 Å². The summed E-state index contributed by atoms with van der Waals surface area (Å²) in [5.74, 6) is -1.28. The Balaban J connectivity index is 4.23. The van der Waals surface area contributed by atoms with E-state index in [0.29, 0.717) is 0 Å². The third-order valence-electron chi connectivity index (χ3n) is 2.29. The summed E-state index contributed by atoms with van der Waals surface area (Å²) in [6.45, 7) is 3.51. The van der Waals surface area contributed by atoms with E-state index in [0.717, 1.165) is 11.3 Å². The largest absolute Gasteiger partial charge is 0.480 e. The molecule has 0 aromatic carbocycles. The molecule has 0 radical (unpaired) electrons. The molecule has 0 spiro atoms. The topological polar surface area (TPSA) is 83.6 Å². The van der Waals surface area contributed by atoms with Crippen LogP contribution in [0, 0.1) is 5.92 Å². The lowest BCUT2D eigenvalue weighted by Crippen LogP contribution is -2.46. The van der Waals surface area contributed by atoms with E-state index in [4.69, 9.17) is 10.8 Å². The van der Waals surface area contributed by atoms with Crippen molar-refractivity contribution in [3.8, 4) is 0 Å². The standard InChI is InChI=1S/C9H18N2O3/c1-4-6(2)8(10)9(14)11(3)5-7(12)13/h6,8H,4-5,10H2,1-3H3,(H,12,13)/t6?,8-/m0/s1. The number of carbonyl (C=O) groups excluding carboxylic acids is 1. The van der Waals surface area contributed by atoms with Crippen molar-refractivity contribution >= 4 is 11.9 Å². The summed E-state index contributed by atoms with van der Waals surface area (Å²) in [4.78, 5) is 23.0. The number of carboxylic acids is 1. The van der Waals surface area contributed by atoms with Crippen LogP contribution in [0.4, 0.5) is 0 Å². The lowest BCUT2D eigenvalue weighted by molar-refractivity contribution is -0.144. The predicted octanol–water partition coefficient (Wildman–Crippen LogP) is -0.0972. The molecule has 0 heterocycles. The number of nitrogens with two attached hydrogens (primary N) is 1. The number of nitrogens with zero attached hydrogens (tertiary/aromatic N) is 1. The molecule has 0 aromatic rings. The molecule has 0 saturated heterocycles. The average Bonchev–Trinajstić information content (AvgIpc) is 2.13. The fraction of sp³-hybridized carbons (Fsp3) is 0.778. The minimum absolute atomic E-state index is 0.0683. The Morgan fingerprint density at radius 1 is 1.50 bits per heavy atom. The van der Waals surface area contributed by atoms with Crippen LogP contribution in [0.3, 0.4) is 0 Å². The minimum Gasteiger partial charge on any atom is -0.480 e. The van der Waals surface area contributed by atoms with Gasteiger partial charge in [-0.3, -0.25) is 9.59 Å². The van der Waals surface area contributed by atoms with Gasteiger partial charge in [0.1, 0.15) is 6.54 Å². The number of carbonyl (C=O) groups is 2. The highest BCUT2D eigenvalue weighted by atomic mass is 16.4. The molecular formula is C9H18N2O3. The number of likely N-dealkylation sites (N-methyl/N-ethyl adjacent to an activating group) is 1. The second-order valence-corrected chi connectivity index (χ2v) is 3.50. The van der Waals surface area contributed by atoms with Crippen molar-refractivity contribution in [1.82, 2.24) is 4.90 Å². The first-order valence-corrected chi connectivity index (χ1v) is 4.62. The number of aliphatic carboxylic acids is 1. The average molecular weight is 202 g/mol. The van der Waals surface area contributed by atoms with Gasteiger partial charge in [-0.15, -0.1) is 0 Å². The maximum absolute atomic E-state index is 11.5. The number of amides is 1. The van der Waals surface area contributed by atoms with Gasteiger partial charge in [-0.1, -0.05) is 20.3 Å². The summed E-state index contributed by atoms with van der Waals surface area (Å²) < 4.78 is 0. The van der Waals surface area contributed by atoms with E-state index in [2.05, 4.69) is 0 Å². The minimum atomic E-state index is -1.03. The highest BCUT2D eigenvalue weighted by Crippen LogP contribution is 2.07. The zero-order valence-corrected chi connectivity index (χ0v) is 8.86. The summed E-state index contributed by atoms with van der Waals surface area (Å²) in [6, 6.07) is -0.607. The predicted molar refractivity (Wildman–Crippen MR) is 52.7 cm³/mol. The van der Waals surface area contributed by atoms with Crippen molar-refractivity contribution in [2.45, 2.75) is 26.3 Å². The van der Waals surface area contributed by atoms with Gasteiger partial charge in [-0.05, 0) is 5.92 Å². The van der Waals surface area contributed by atoms with Crippen molar-refractivity contribution in [3.05, 3.63) is 0 Å². The smallest absolute Gasteiger partial charge is 0.323 e. The molecule has 0 saturated carbocycles. The molecular weight excluding hydrogens is 184 g/mol. The highest BCUT2D eigenvalue weighted by Gasteiger charge is 2.23. The van der Waals surface area contributed by atoms with E-state index in [1.54, 1.807) is 0 Å². The maximum Gasteiger partial charge on any atom is 0.323 e. The summed E-state index contributed by atoms with van der Waals surface area (Å²) in [5, 5.41) is 8.48. The van der Waals surface area contributed by atoms with Gasteiger partial charge in [0.25, 0.3) is 0 Å². The van der Waals surface area contributed by atoms with Gasteiger partial charge in [-0.2, -0.15) is 0 Å². The van der Waals surface area contributed by atoms with E-state index in [1.807, 2.05) is 13.8 Å². The number of hydrogen-bond acceptors (Lipinski definition) is 3. The molecule has 0 rings (SSSR count). The van der Waals surface area contributed by atoms with Gasteiger partial charge in [-0.25, -0.2) is 0 Å². The van der Waals surface area contributed by atoms with Crippen LogP contribution in [0.1, 0.15) is 20.3 Å². The van der Waals surface area contributed by atoms with Crippen molar-refractivity contribution in [2.24, 2.45) is 11.7 Å². The van der Waals surface area contributed by atoms with Crippen LogP contribution in [0.5, 0.6) is 0 Å². The maximum atomic E-state index is 11.5. The molecule has 1 unspecified atom stereocenters. The third kappa shape index (κ3) is 3.74. The molecule has 0 aliphatic carbocycles. The molecule has 0 bridgehead atoms. The Morgan fingerprint density at radius 2 is 2.00 bits per heavy atom. The third-order valence-corrected chi connectivity index (χ3v) is 2.29. The Kier molecular flexibility index (Phi) is 5.15. The Bertz CT molecular complexity index is 218. The first-order chi connectivity index (χ1) is 6.40. The molecule has 0 aromatic heterocycles. The molecule has 0 aliphatic rings. The van der Waals surface area contributed by atoms with E-state index in [9.17, 15) is 9.59 Å². The van der Waals surface area contributed by atoms with Gasteiger partial charge in [0, 0.05) is 7.05 Å². The van der Waals surface area contributed by atoms with Gasteiger partial charge in [0.15, 0.2) is 0 Å². The van der Waals surface area contributed by atoms with Crippen LogP contribution in [-0.4, -0.2) is 41.5 Å². The molecule has 3 N–H and O–H groups in total. The van der Waals surface area contributed by atoms with Gasteiger partial charge < -0.3 is 15.7 Å². The van der Waals surface area contributed by atoms with Crippen molar-refractivity contribution in [3.63, 3.8) is 0 Å². The SMILES string of the molecule is CCC(C)[C@H](N)C(=O)N(C)CC(=O)O. The molecule has 0 aliphatic heterocycles. The lowest BCUT2D eigenvalue weighted by atomic mass is 9.99. The molecule has 5 nitrogen and oxygen atoms in total. The Labute approximate surface area is 83.9 Å². The summed E-state index contributed by atoms with van der Waals surface area (Å²) >= 11 is 0. The number of carboxylic acid groups (broad SMARTS) is 1. The van der Waals surface area contributed by atoms with Crippen molar-refractivity contribution in [1.29, 1.82) is 0 Å². The quantitative estimate of drug-likeness (QED) is 0.652. The van der Waals surface area contributed by atoms with Crippen LogP contribution in [0.15, 0.2) is 0 Å². The summed E-state index contributed by atoms with van der Waals surface area (Å²) in [6.07, 6.45) is 0.799. The van der Waals surface area contributed by atoms with Crippen molar-refractivity contribution in [2.75, 3.05) is 13.6 Å². The second kappa shape index (κ2) is 5.59. The van der Waals surface area contributed by atoms with Gasteiger partial charge >= 0.3 is 5.97 Å². The lowest BCUT2D eigenvalue weighted by Gasteiger charge is -2.23. The summed E-state index contributed by atoms with van der Waals surface area (Å²) in [5.41, 5.74) is 5.66. The molecule has 82 valence electrons. The van der Waals surface area contributed by atoms with Crippen molar-refractivity contribution < 1.29 is 14.7 Å². The molecule has 0 fully saturated rings. The van der Waals surface area contributed by atoms with E-state index >= 15 is 0 Å². The van der Waals surface area contributed by atoms with Crippen LogP contribution < -0.4 is 5.73 Å². The zero-order chi connectivity index (χ0) is 11.3. The second-order valence-electron chi connectivity index (χ2n) is 3.50. The molecule has 2 atom stereocenters. The first kappa shape index (κ1) is 12.9. The normalized spacial score (nSPS) is 14.6. The monoisotopic (exact) mass is 202 g/mol. The first-order valence-electron chi connectivity index (χ1n) is 4.62. The van der Waals surface area contributed by atoms with Crippen LogP contribution in [0.25, 0.3) is 0 Å². The van der Waals surface area contributed by atoms with Crippen LogP contribution in [0.2, 0.25) is 0 Å². The molecule has 1 amide bonds. The zero-order valence-electron chi connectivity index (χ0n) is 8.86. The van der Waals surface area contributed by atoms with Gasteiger partial charge in [0.2, 0.25) is 5.91 Å². The molecule has 14 heavy (non-hydrogen) atoms. The Hall–Kier alpha value is -1.10. The number of hydrogen-bond donors (Lipinski definition) is 2. The fourth-order valence-electron chi connectivity index (χ4n) is 1.03. The van der Waals surface area contributed by atoms with E-state index in [-0.39, 0.29) is 18.4 Å². The number of rotatable bonds is 5. The summed E-state index contributed by atoms with van der Waals surface area (Å²) in [7, 11) is 1.44. The van der Waals surface area contributed by atoms with Crippen LogP contribution in [-0.2, 0) is 9.59 Å². The molecule has 5 heteroatoms. The van der Waals surface area contributed by atoms with Gasteiger partial charge in [0.05, 0.1) is 6.04 Å². The van der Waals surface area contributed by atoms with Crippen LogP contribution >= 0.6 is 0 Å². The van der Waals surface area contributed by atoms with E-state index < -0.39 is 12.0 Å². The highest BCUT2D eigenvalue weighted by molar-refractivity contribution is 5.85. The fourth-order valence-corrected chi connectivity index (χ4v) is 1.03. The Morgan fingerprint density at radius 3 is 2.36 bits per heavy atom.